The third kappa shape index (κ3) is 4.10. The molecule has 0 aliphatic heterocycles. The molecule has 0 spiro atoms. The van der Waals surface area contributed by atoms with Crippen LogP contribution in [0.15, 0.2) is 53.0 Å². The van der Waals surface area contributed by atoms with Crippen LogP contribution in [0.3, 0.4) is 0 Å². The maximum absolute atomic E-state index is 12.4. The summed E-state index contributed by atoms with van der Waals surface area (Å²) < 4.78 is 1.04. The third-order valence-electron chi connectivity index (χ3n) is 3.63. The summed E-state index contributed by atoms with van der Waals surface area (Å²) in [5.74, 6) is -0.0416. The number of carbonyl (C=O) groups excluding carboxylic acids is 1. The van der Waals surface area contributed by atoms with Crippen LogP contribution in [0.4, 0.5) is 5.69 Å². The van der Waals surface area contributed by atoms with Crippen molar-refractivity contribution in [1.82, 2.24) is 5.32 Å². The standard InChI is InChI=1S/C18H21BrN2O/c1-4-17(13-5-9-15(19)10-6-13)20-18(22)14-7-11-16(12-8-14)21(2)3/h5-12,17H,4H2,1-3H3,(H,20,22). The van der Waals surface area contributed by atoms with Crippen LogP contribution in [-0.2, 0) is 0 Å². The predicted molar refractivity (Wildman–Crippen MR) is 95.4 cm³/mol. The van der Waals surface area contributed by atoms with Crippen molar-refractivity contribution < 1.29 is 4.79 Å². The second-order valence-electron chi connectivity index (χ2n) is 5.43. The molecule has 1 atom stereocenters. The number of benzene rings is 2. The van der Waals surface area contributed by atoms with E-state index in [1.54, 1.807) is 0 Å². The van der Waals surface area contributed by atoms with Crippen LogP contribution in [0.2, 0.25) is 0 Å². The lowest BCUT2D eigenvalue weighted by Crippen LogP contribution is -2.28. The second-order valence-corrected chi connectivity index (χ2v) is 6.34. The first-order valence-electron chi connectivity index (χ1n) is 7.35. The average molecular weight is 361 g/mol. The minimum absolute atomic E-state index is 0.0223. The highest BCUT2D eigenvalue weighted by Gasteiger charge is 2.14. The molecule has 0 aliphatic rings. The predicted octanol–water partition coefficient (Wildman–Crippen LogP) is 4.40. The molecule has 2 rings (SSSR count). The Bertz CT molecular complexity index is 621. The Labute approximate surface area is 140 Å². The first-order valence-corrected chi connectivity index (χ1v) is 8.14. The van der Waals surface area contributed by atoms with Crippen molar-refractivity contribution in [3.05, 3.63) is 64.1 Å². The Balaban J connectivity index is 2.10. The lowest BCUT2D eigenvalue weighted by molar-refractivity contribution is 0.0935. The van der Waals surface area contributed by atoms with E-state index in [0.29, 0.717) is 5.56 Å². The summed E-state index contributed by atoms with van der Waals surface area (Å²) in [7, 11) is 3.96. The molecule has 116 valence electrons. The SMILES string of the molecule is CCC(NC(=O)c1ccc(N(C)C)cc1)c1ccc(Br)cc1. The van der Waals surface area contributed by atoms with Gasteiger partial charge in [0.05, 0.1) is 6.04 Å². The lowest BCUT2D eigenvalue weighted by Gasteiger charge is -2.18. The zero-order valence-corrected chi connectivity index (χ0v) is 14.7. The molecule has 2 aromatic rings. The van der Waals surface area contributed by atoms with Crippen molar-refractivity contribution in [3.8, 4) is 0 Å². The first-order chi connectivity index (χ1) is 10.5. The van der Waals surface area contributed by atoms with Crippen molar-refractivity contribution in [3.63, 3.8) is 0 Å². The number of hydrogen-bond acceptors (Lipinski definition) is 2. The summed E-state index contributed by atoms with van der Waals surface area (Å²) in [5, 5.41) is 3.10. The van der Waals surface area contributed by atoms with Crippen LogP contribution in [0, 0.1) is 0 Å². The maximum atomic E-state index is 12.4. The molecule has 0 heterocycles. The van der Waals surface area contributed by atoms with Gasteiger partial charge in [-0.1, -0.05) is 35.0 Å². The molecule has 0 saturated heterocycles. The smallest absolute Gasteiger partial charge is 0.251 e. The number of rotatable bonds is 5. The highest BCUT2D eigenvalue weighted by atomic mass is 79.9. The highest BCUT2D eigenvalue weighted by molar-refractivity contribution is 9.10. The fraction of sp³-hybridized carbons (Fsp3) is 0.278. The fourth-order valence-corrected chi connectivity index (χ4v) is 2.53. The van der Waals surface area contributed by atoms with Crippen molar-refractivity contribution in [2.24, 2.45) is 0 Å². The van der Waals surface area contributed by atoms with Gasteiger partial charge in [0.1, 0.15) is 0 Å². The number of hydrogen-bond donors (Lipinski definition) is 1. The van der Waals surface area contributed by atoms with Crippen LogP contribution in [-0.4, -0.2) is 20.0 Å². The number of halogens is 1. The molecule has 1 amide bonds. The quantitative estimate of drug-likeness (QED) is 0.856. The molecule has 1 unspecified atom stereocenters. The topological polar surface area (TPSA) is 32.3 Å². The molecule has 3 nitrogen and oxygen atoms in total. The normalized spacial score (nSPS) is 11.8. The van der Waals surface area contributed by atoms with E-state index in [2.05, 4.69) is 28.2 Å². The highest BCUT2D eigenvalue weighted by Crippen LogP contribution is 2.20. The van der Waals surface area contributed by atoms with E-state index in [9.17, 15) is 4.79 Å². The molecule has 22 heavy (non-hydrogen) atoms. The van der Waals surface area contributed by atoms with Gasteiger partial charge in [-0.25, -0.2) is 0 Å². The number of nitrogens with zero attached hydrogens (tertiary/aromatic N) is 1. The summed E-state index contributed by atoms with van der Waals surface area (Å²) in [4.78, 5) is 14.4. The van der Waals surface area contributed by atoms with E-state index < -0.39 is 0 Å². The summed E-state index contributed by atoms with van der Waals surface area (Å²) in [6.07, 6.45) is 0.850. The van der Waals surface area contributed by atoms with E-state index in [1.807, 2.05) is 67.5 Å². The fourth-order valence-electron chi connectivity index (χ4n) is 2.27. The zero-order valence-electron chi connectivity index (χ0n) is 13.1. The Hall–Kier alpha value is -1.81. The molecular weight excluding hydrogens is 340 g/mol. The van der Waals surface area contributed by atoms with Crippen LogP contribution in [0.1, 0.15) is 35.3 Å². The van der Waals surface area contributed by atoms with E-state index >= 15 is 0 Å². The van der Waals surface area contributed by atoms with Crippen molar-refractivity contribution >= 4 is 27.5 Å². The molecule has 0 bridgehead atoms. The van der Waals surface area contributed by atoms with Gasteiger partial charge in [-0.15, -0.1) is 0 Å². The third-order valence-corrected chi connectivity index (χ3v) is 4.16. The van der Waals surface area contributed by atoms with Gasteiger partial charge in [-0.05, 0) is 48.4 Å². The minimum Gasteiger partial charge on any atom is -0.378 e. The molecular formula is C18H21BrN2O. The van der Waals surface area contributed by atoms with Crippen LogP contribution >= 0.6 is 15.9 Å². The van der Waals surface area contributed by atoms with E-state index in [1.165, 1.54) is 0 Å². The molecule has 2 aromatic carbocycles. The summed E-state index contributed by atoms with van der Waals surface area (Å²) in [6, 6.07) is 15.7. The summed E-state index contributed by atoms with van der Waals surface area (Å²) in [6.45, 7) is 2.07. The van der Waals surface area contributed by atoms with Crippen LogP contribution in [0.5, 0.6) is 0 Å². The van der Waals surface area contributed by atoms with Crippen molar-refractivity contribution in [2.75, 3.05) is 19.0 Å². The first kappa shape index (κ1) is 16.6. The Morgan fingerprint density at radius 1 is 1.09 bits per heavy atom. The molecule has 0 saturated carbocycles. The van der Waals surface area contributed by atoms with Crippen LogP contribution in [0.25, 0.3) is 0 Å². The zero-order chi connectivity index (χ0) is 16.1. The molecule has 0 aromatic heterocycles. The van der Waals surface area contributed by atoms with E-state index in [4.69, 9.17) is 0 Å². The van der Waals surface area contributed by atoms with Crippen LogP contribution < -0.4 is 10.2 Å². The van der Waals surface area contributed by atoms with Gasteiger partial charge in [0.15, 0.2) is 0 Å². The summed E-state index contributed by atoms with van der Waals surface area (Å²) >= 11 is 3.43. The minimum atomic E-state index is -0.0416. The Morgan fingerprint density at radius 3 is 2.18 bits per heavy atom. The number of anilines is 1. The van der Waals surface area contributed by atoms with Gasteiger partial charge in [-0.2, -0.15) is 0 Å². The monoisotopic (exact) mass is 360 g/mol. The van der Waals surface area contributed by atoms with Gasteiger partial charge in [-0.3, -0.25) is 4.79 Å². The van der Waals surface area contributed by atoms with Gasteiger partial charge < -0.3 is 10.2 Å². The molecule has 1 N–H and O–H groups in total. The van der Waals surface area contributed by atoms with E-state index in [0.717, 1.165) is 22.1 Å². The van der Waals surface area contributed by atoms with Crippen molar-refractivity contribution in [2.45, 2.75) is 19.4 Å². The van der Waals surface area contributed by atoms with Gasteiger partial charge in [0, 0.05) is 29.8 Å². The summed E-state index contributed by atoms with van der Waals surface area (Å²) in [5.41, 5.74) is 2.88. The number of nitrogens with one attached hydrogen (secondary N) is 1. The van der Waals surface area contributed by atoms with Gasteiger partial charge in [0.25, 0.3) is 5.91 Å². The molecule has 0 fully saturated rings. The molecule has 0 radical (unpaired) electrons. The van der Waals surface area contributed by atoms with Crippen molar-refractivity contribution in [1.29, 1.82) is 0 Å². The Morgan fingerprint density at radius 2 is 1.68 bits per heavy atom. The molecule has 4 heteroatoms. The van der Waals surface area contributed by atoms with E-state index in [-0.39, 0.29) is 11.9 Å². The van der Waals surface area contributed by atoms with Gasteiger partial charge >= 0.3 is 0 Å². The second kappa shape index (κ2) is 7.45. The largest absolute Gasteiger partial charge is 0.378 e. The average Bonchev–Trinajstić information content (AvgIpc) is 2.53. The maximum Gasteiger partial charge on any atom is 0.251 e. The Kier molecular flexibility index (Phi) is 5.61. The number of amides is 1. The van der Waals surface area contributed by atoms with Gasteiger partial charge in [0.2, 0.25) is 0 Å². The number of carbonyl (C=O) groups is 1. The molecule has 0 aliphatic carbocycles. The lowest BCUT2D eigenvalue weighted by atomic mass is 10.0.